The molecular formula is C20H21NO. The summed E-state index contributed by atoms with van der Waals surface area (Å²) in [5.41, 5.74) is 8.72. The Balaban J connectivity index is 0.000000188. The molecule has 2 N–H and O–H groups in total. The molecule has 0 spiro atoms. The van der Waals surface area contributed by atoms with Gasteiger partial charge in [0.25, 0.3) is 0 Å². The first-order valence-electron chi connectivity index (χ1n) is 7.25. The van der Waals surface area contributed by atoms with Gasteiger partial charge in [0.2, 0.25) is 0 Å². The normalized spacial score (nSPS) is 9.55. The zero-order chi connectivity index (χ0) is 15.8. The molecule has 0 saturated carbocycles. The minimum Gasteiger partial charge on any atom is -0.457 e. The molecule has 22 heavy (non-hydrogen) atoms. The van der Waals surface area contributed by atoms with Gasteiger partial charge in [0.1, 0.15) is 11.5 Å². The van der Waals surface area contributed by atoms with E-state index in [1.807, 2.05) is 79.7 Å². The van der Waals surface area contributed by atoms with E-state index in [0.717, 1.165) is 17.2 Å². The fourth-order valence-electron chi connectivity index (χ4n) is 1.97. The van der Waals surface area contributed by atoms with E-state index in [0.29, 0.717) is 0 Å². The van der Waals surface area contributed by atoms with Gasteiger partial charge in [-0.15, -0.1) is 0 Å². The molecule has 0 saturated heterocycles. The van der Waals surface area contributed by atoms with Crippen LogP contribution in [0.4, 0.5) is 5.69 Å². The quantitative estimate of drug-likeness (QED) is 0.645. The van der Waals surface area contributed by atoms with Gasteiger partial charge in [0.05, 0.1) is 0 Å². The van der Waals surface area contributed by atoms with Crippen molar-refractivity contribution in [3.63, 3.8) is 0 Å². The predicted molar refractivity (Wildman–Crippen MR) is 93.3 cm³/mol. The smallest absolute Gasteiger partial charge is 0.127 e. The highest BCUT2D eigenvalue weighted by Gasteiger charge is 1.95. The van der Waals surface area contributed by atoms with Crippen LogP contribution in [-0.4, -0.2) is 0 Å². The second-order valence-electron chi connectivity index (χ2n) is 5.15. The standard InChI is InChI=1S/C13H12O.C7H9N/c1-11-6-5-9-13(10-11)14-12-7-3-2-4-8-12;1-6-3-2-4-7(8)5-6/h2-10H,1H3;2-5H,8H2,1H3. The number of anilines is 1. The van der Waals surface area contributed by atoms with Crippen molar-refractivity contribution in [3.05, 3.63) is 90.0 Å². The lowest BCUT2D eigenvalue weighted by molar-refractivity contribution is 0.482. The minimum atomic E-state index is 0.838. The minimum absolute atomic E-state index is 0.838. The van der Waals surface area contributed by atoms with E-state index in [9.17, 15) is 0 Å². The number of nitrogen functional groups attached to an aromatic ring is 1. The van der Waals surface area contributed by atoms with Crippen molar-refractivity contribution in [3.8, 4) is 11.5 Å². The number of nitrogens with two attached hydrogens (primary N) is 1. The third kappa shape index (κ3) is 5.33. The lowest BCUT2D eigenvalue weighted by Gasteiger charge is -2.05. The van der Waals surface area contributed by atoms with E-state index in [4.69, 9.17) is 10.5 Å². The van der Waals surface area contributed by atoms with Gasteiger partial charge in [-0.25, -0.2) is 0 Å². The van der Waals surface area contributed by atoms with Crippen molar-refractivity contribution < 1.29 is 4.74 Å². The summed E-state index contributed by atoms with van der Waals surface area (Å²) in [6.45, 7) is 4.08. The topological polar surface area (TPSA) is 35.2 Å². The number of aryl methyl sites for hydroxylation is 2. The summed E-state index contributed by atoms with van der Waals surface area (Å²) in [5.74, 6) is 1.76. The Hall–Kier alpha value is -2.74. The summed E-state index contributed by atoms with van der Waals surface area (Å²) < 4.78 is 5.66. The predicted octanol–water partition coefficient (Wildman–Crippen LogP) is 5.36. The number of rotatable bonds is 2. The maximum absolute atomic E-state index is 5.66. The van der Waals surface area contributed by atoms with Crippen LogP contribution in [0.15, 0.2) is 78.9 Å². The maximum Gasteiger partial charge on any atom is 0.127 e. The van der Waals surface area contributed by atoms with Gasteiger partial charge in [-0.1, -0.05) is 42.5 Å². The van der Waals surface area contributed by atoms with E-state index in [-0.39, 0.29) is 0 Å². The van der Waals surface area contributed by atoms with Crippen LogP contribution in [0.2, 0.25) is 0 Å². The number of hydrogen-bond donors (Lipinski definition) is 1. The number of ether oxygens (including phenoxy) is 1. The van der Waals surface area contributed by atoms with Crippen molar-refractivity contribution in [1.29, 1.82) is 0 Å². The molecule has 3 aromatic rings. The lowest BCUT2D eigenvalue weighted by atomic mass is 10.2. The van der Waals surface area contributed by atoms with Crippen LogP contribution in [0, 0.1) is 13.8 Å². The summed E-state index contributed by atoms with van der Waals surface area (Å²) >= 11 is 0. The zero-order valence-corrected chi connectivity index (χ0v) is 13.0. The Labute approximate surface area is 132 Å². The third-order valence-corrected chi connectivity index (χ3v) is 3.01. The van der Waals surface area contributed by atoms with E-state index < -0.39 is 0 Å². The Morgan fingerprint density at radius 1 is 0.636 bits per heavy atom. The van der Waals surface area contributed by atoms with E-state index in [1.165, 1.54) is 11.1 Å². The average Bonchev–Trinajstić information content (AvgIpc) is 2.49. The third-order valence-electron chi connectivity index (χ3n) is 3.01. The number of benzene rings is 3. The lowest BCUT2D eigenvalue weighted by Crippen LogP contribution is -1.83. The molecule has 0 atom stereocenters. The van der Waals surface area contributed by atoms with Gasteiger partial charge in [-0.3, -0.25) is 0 Å². The van der Waals surface area contributed by atoms with Gasteiger partial charge >= 0.3 is 0 Å². The molecule has 0 unspecified atom stereocenters. The summed E-state index contributed by atoms with van der Waals surface area (Å²) in [6, 6.07) is 25.6. The molecule has 3 rings (SSSR count). The molecule has 0 heterocycles. The fourth-order valence-corrected chi connectivity index (χ4v) is 1.97. The summed E-state index contributed by atoms with van der Waals surface area (Å²) in [7, 11) is 0. The van der Waals surface area contributed by atoms with Gasteiger partial charge in [-0.2, -0.15) is 0 Å². The molecule has 0 aliphatic carbocycles. The van der Waals surface area contributed by atoms with Gasteiger partial charge < -0.3 is 10.5 Å². The van der Waals surface area contributed by atoms with Crippen molar-refractivity contribution in [2.75, 3.05) is 5.73 Å². The van der Waals surface area contributed by atoms with Crippen LogP contribution in [0.1, 0.15) is 11.1 Å². The van der Waals surface area contributed by atoms with Gasteiger partial charge in [0.15, 0.2) is 0 Å². The second-order valence-corrected chi connectivity index (χ2v) is 5.15. The van der Waals surface area contributed by atoms with Crippen LogP contribution in [0.3, 0.4) is 0 Å². The molecular weight excluding hydrogens is 270 g/mol. The molecule has 112 valence electrons. The van der Waals surface area contributed by atoms with Crippen LogP contribution >= 0.6 is 0 Å². The number of hydrogen-bond acceptors (Lipinski definition) is 2. The summed E-state index contributed by atoms with van der Waals surface area (Å²) in [6.07, 6.45) is 0. The number of para-hydroxylation sites is 1. The molecule has 2 heteroatoms. The average molecular weight is 291 g/mol. The molecule has 0 aliphatic rings. The Bertz CT molecular complexity index is 690. The first-order valence-corrected chi connectivity index (χ1v) is 7.25. The Morgan fingerprint density at radius 3 is 1.77 bits per heavy atom. The summed E-state index contributed by atoms with van der Waals surface area (Å²) in [4.78, 5) is 0. The van der Waals surface area contributed by atoms with Crippen molar-refractivity contribution >= 4 is 5.69 Å². The second kappa shape index (κ2) is 7.89. The zero-order valence-electron chi connectivity index (χ0n) is 13.0. The molecule has 0 aromatic heterocycles. The first kappa shape index (κ1) is 15.6. The molecule has 0 bridgehead atoms. The fraction of sp³-hybridized carbons (Fsp3) is 0.100. The first-order chi connectivity index (χ1) is 10.6. The van der Waals surface area contributed by atoms with Gasteiger partial charge in [0, 0.05) is 5.69 Å². The SMILES string of the molecule is Cc1cccc(N)c1.Cc1cccc(Oc2ccccc2)c1. The molecule has 2 nitrogen and oxygen atoms in total. The van der Waals surface area contributed by atoms with E-state index in [1.54, 1.807) is 0 Å². The van der Waals surface area contributed by atoms with Gasteiger partial charge in [-0.05, 0) is 61.4 Å². The molecule has 0 amide bonds. The Kier molecular flexibility index (Phi) is 5.61. The van der Waals surface area contributed by atoms with Crippen LogP contribution in [0.5, 0.6) is 11.5 Å². The van der Waals surface area contributed by atoms with E-state index in [2.05, 4.69) is 13.0 Å². The monoisotopic (exact) mass is 291 g/mol. The highest BCUT2D eigenvalue weighted by molar-refractivity contribution is 5.39. The Morgan fingerprint density at radius 2 is 1.23 bits per heavy atom. The van der Waals surface area contributed by atoms with Crippen LogP contribution < -0.4 is 10.5 Å². The van der Waals surface area contributed by atoms with Crippen LogP contribution in [-0.2, 0) is 0 Å². The molecule has 3 aromatic carbocycles. The largest absolute Gasteiger partial charge is 0.457 e. The maximum atomic E-state index is 5.66. The van der Waals surface area contributed by atoms with E-state index >= 15 is 0 Å². The summed E-state index contributed by atoms with van der Waals surface area (Å²) in [5, 5.41) is 0. The van der Waals surface area contributed by atoms with Crippen molar-refractivity contribution in [2.24, 2.45) is 0 Å². The van der Waals surface area contributed by atoms with Crippen molar-refractivity contribution in [1.82, 2.24) is 0 Å². The highest BCUT2D eigenvalue weighted by atomic mass is 16.5. The molecule has 0 aliphatic heterocycles. The molecule has 0 fully saturated rings. The van der Waals surface area contributed by atoms with Crippen LogP contribution in [0.25, 0.3) is 0 Å². The highest BCUT2D eigenvalue weighted by Crippen LogP contribution is 2.21. The van der Waals surface area contributed by atoms with Crippen molar-refractivity contribution in [2.45, 2.75) is 13.8 Å². The molecule has 0 radical (unpaired) electrons.